The average molecular weight is 441 g/mol. The molecule has 0 aliphatic rings. The normalized spacial score (nSPS) is 12.1. The Bertz CT molecular complexity index is 1250. The Balaban J connectivity index is 1.73. The van der Waals surface area contributed by atoms with Crippen molar-refractivity contribution >= 4 is 22.4 Å². The Morgan fingerprint density at radius 1 is 0.606 bits per heavy atom. The van der Waals surface area contributed by atoms with E-state index in [2.05, 4.69) is 38.1 Å². The SMILES string of the molecule is CCCCc1ccc(/C(F)=C(\F)c2ccc(-c3ccc(CCC)cc3)c3ccccc23)cc1. The molecule has 0 spiro atoms. The molecule has 33 heavy (non-hydrogen) atoms. The fraction of sp³-hybridized carbons (Fsp3) is 0.226. The topological polar surface area (TPSA) is 0 Å². The summed E-state index contributed by atoms with van der Waals surface area (Å²) in [5.74, 6) is -1.64. The Labute approximate surface area is 195 Å². The van der Waals surface area contributed by atoms with E-state index in [1.807, 2.05) is 42.5 Å². The molecule has 0 atom stereocenters. The van der Waals surface area contributed by atoms with Crippen LogP contribution in [0.15, 0.2) is 84.9 Å². The summed E-state index contributed by atoms with van der Waals surface area (Å²) >= 11 is 0. The van der Waals surface area contributed by atoms with Crippen molar-refractivity contribution in [3.05, 3.63) is 107 Å². The fourth-order valence-corrected chi connectivity index (χ4v) is 4.33. The average Bonchev–Trinajstić information content (AvgIpc) is 2.87. The largest absolute Gasteiger partial charge is 0.203 e. The Hall–Kier alpha value is -3.26. The molecular formula is C31H30F2. The van der Waals surface area contributed by atoms with Crippen LogP contribution in [0.3, 0.4) is 0 Å². The summed E-state index contributed by atoms with van der Waals surface area (Å²) in [6, 6.07) is 26.9. The van der Waals surface area contributed by atoms with Crippen molar-refractivity contribution in [1.29, 1.82) is 0 Å². The third-order valence-corrected chi connectivity index (χ3v) is 6.18. The molecule has 0 aliphatic carbocycles. The van der Waals surface area contributed by atoms with Crippen LogP contribution in [0.2, 0.25) is 0 Å². The van der Waals surface area contributed by atoms with Crippen molar-refractivity contribution in [2.24, 2.45) is 0 Å². The first-order chi connectivity index (χ1) is 16.1. The number of hydrogen-bond donors (Lipinski definition) is 0. The molecule has 0 fully saturated rings. The van der Waals surface area contributed by atoms with E-state index in [0.29, 0.717) is 5.39 Å². The highest BCUT2D eigenvalue weighted by molar-refractivity contribution is 6.04. The van der Waals surface area contributed by atoms with Gasteiger partial charge < -0.3 is 0 Å². The molecule has 0 N–H and O–H groups in total. The van der Waals surface area contributed by atoms with Crippen LogP contribution in [-0.2, 0) is 12.8 Å². The summed E-state index contributed by atoms with van der Waals surface area (Å²) in [5.41, 5.74) is 5.10. The van der Waals surface area contributed by atoms with Crippen LogP contribution in [0.1, 0.15) is 55.4 Å². The monoisotopic (exact) mass is 440 g/mol. The molecule has 0 bridgehead atoms. The Morgan fingerprint density at radius 2 is 1.24 bits per heavy atom. The lowest BCUT2D eigenvalue weighted by Gasteiger charge is -2.12. The lowest BCUT2D eigenvalue weighted by Crippen LogP contribution is -1.91. The third kappa shape index (κ3) is 5.06. The molecular weight excluding hydrogens is 410 g/mol. The van der Waals surface area contributed by atoms with Gasteiger partial charge in [0, 0.05) is 11.1 Å². The van der Waals surface area contributed by atoms with E-state index in [1.165, 1.54) is 5.56 Å². The molecule has 0 nitrogen and oxygen atoms in total. The lowest BCUT2D eigenvalue weighted by atomic mass is 9.93. The first-order valence-electron chi connectivity index (χ1n) is 11.9. The first-order valence-corrected chi connectivity index (χ1v) is 11.9. The van der Waals surface area contributed by atoms with Crippen LogP contribution in [0.25, 0.3) is 33.6 Å². The zero-order valence-corrected chi connectivity index (χ0v) is 19.4. The predicted octanol–water partition coefficient (Wildman–Crippen LogP) is 9.57. The maximum atomic E-state index is 15.4. The predicted molar refractivity (Wildman–Crippen MR) is 137 cm³/mol. The van der Waals surface area contributed by atoms with E-state index in [1.54, 1.807) is 18.2 Å². The highest BCUT2D eigenvalue weighted by atomic mass is 19.2. The van der Waals surface area contributed by atoms with E-state index in [-0.39, 0.29) is 11.1 Å². The van der Waals surface area contributed by atoms with Gasteiger partial charge in [-0.15, -0.1) is 0 Å². The molecule has 0 heterocycles. The molecule has 0 saturated heterocycles. The fourth-order valence-electron chi connectivity index (χ4n) is 4.33. The van der Waals surface area contributed by atoms with Crippen LogP contribution in [-0.4, -0.2) is 0 Å². The lowest BCUT2D eigenvalue weighted by molar-refractivity contribution is 0.701. The summed E-state index contributed by atoms with van der Waals surface area (Å²) in [4.78, 5) is 0. The molecule has 0 unspecified atom stereocenters. The quantitative estimate of drug-likeness (QED) is 0.239. The van der Waals surface area contributed by atoms with Gasteiger partial charge in [0.1, 0.15) is 0 Å². The number of fused-ring (bicyclic) bond motifs is 1. The van der Waals surface area contributed by atoms with Crippen molar-refractivity contribution in [2.75, 3.05) is 0 Å². The van der Waals surface area contributed by atoms with E-state index in [9.17, 15) is 0 Å². The van der Waals surface area contributed by atoms with Crippen molar-refractivity contribution < 1.29 is 8.78 Å². The molecule has 0 radical (unpaired) electrons. The second-order valence-corrected chi connectivity index (χ2v) is 8.58. The van der Waals surface area contributed by atoms with E-state index in [4.69, 9.17) is 0 Å². The summed E-state index contributed by atoms with van der Waals surface area (Å²) in [6.07, 6.45) is 5.31. The molecule has 4 aromatic rings. The number of halogens is 2. The summed E-state index contributed by atoms with van der Waals surface area (Å²) in [7, 11) is 0. The molecule has 0 saturated carbocycles. The Morgan fingerprint density at radius 3 is 1.91 bits per heavy atom. The number of unbranched alkanes of at least 4 members (excludes halogenated alkanes) is 1. The van der Waals surface area contributed by atoms with Crippen LogP contribution in [0.5, 0.6) is 0 Å². The molecule has 0 aromatic heterocycles. The van der Waals surface area contributed by atoms with Gasteiger partial charge in [-0.25, -0.2) is 8.78 Å². The number of aryl methyl sites for hydroxylation is 2. The number of rotatable bonds is 8. The van der Waals surface area contributed by atoms with Crippen LogP contribution < -0.4 is 0 Å². The van der Waals surface area contributed by atoms with Gasteiger partial charge in [0.15, 0.2) is 11.7 Å². The summed E-state index contributed by atoms with van der Waals surface area (Å²) in [6.45, 7) is 4.31. The standard InChI is InChI=1S/C31H30F2/c1-3-5-9-23-14-18-25(19-15-23)30(32)31(33)29-21-20-26(27-10-6-7-11-28(27)29)24-16-12-22(8-4-2)13-17-24/h6-7,10-21H,3-5,8-9H2,1-2H3/b31-30+. The van der Waals surface area contributed by atoms with Crippen molar-refractivity contribution in [3.63, 3.8) is 0 Å². The van der Waals surface area contributed by atoms with Crippen molar-refractivity contribution in [3.8, 4) is 11.1 Å². The minimum absolute atomic E-state index is 0.271. The summed E-state index contributed by atoms with van der Waals surface area (Å²) in [5, 5.41) is 1.62. The smallest absolute Gasteiger partial charge is 0.167 e. The van der Waals surface area contributed by atoms with Gasteiger partial charge in [-0.1, -0.05) is 112 Å². The molecule has 2 heteroatoms. The van der Waals surface area contributed by atoms with Gasteiger partial charge in [-0.05, 0) is 52.3 Å². The van der Waals surface area contributed by atoms with Gasteiger partial charge in [-0.3, -0.25) is 0 Å². The molecule has 4 aromatic carbocycles. The number of benzene rings is 4. The second kappa shape index (κ2) is 10.6. The van der Waals surface area contributed by atoms with Crippen LogP contribution in [0, 0.1) is 0 Å². The van der Waals surface area contributed by atoms with Gasteiger partial charge in [-0.2, -0.15) is 0 Å². The summed E-state index contributed by atoms with van der Waals surface area (Å²) < 4.78 is 30.6. The van der Waals surface area contributed by atoms with E-state index >= 15 is 8.78 Å². The minimum Gasteiger partial charge on any atom is -0.203 e. The van der Waals surface area contributed by atoms with Gasteiger partial charge in [0.25, 0.3) is 0 Å². The van der Waals surface area contributed by atoms with Crippen molar-refractivity contribution in [2.45, 2.75) is 46.0 Å². The highest BCUT2D eigenvalue weighted by Gasteiger charge is 2.16. The van der Waals surface area contributed by atoms with Crippen LogP contribution in [0.4, 0.5) is 8.78 Å². The highest BCUT2D eigenvalue weighted by Crippen LogP contribution is 2.37. The van der Waals surface area contributed by atoms with Crippen LogP contribution >= 0.6 is 0 Å². The maximum absolute atomic E-state index is 15.4. The molecule has 168 valence electrons. The maximum Gasteiger partial charge on any atom is 0.167 e. The molecule has 4 rings (SSSR count). The molecule has 0 aliphatic heterocycles. The van der Waals surface area contributed by atoms with Gasteiger partial charge in [0.2, 0.25) is 0 Å². The zero-order chi connectivity index (χ0) is 23.2. The zero-order valence-electron chi connectivity index (χ0n) is 19.4. The van der Waals surface area contributed by atoms with Gasteiger partial charge in [0.05, 0.1) is 0 Å². The van der Waals surface area contributed by atoms with E-state index < -0.39 is 11.7 Å². The minimum atomic E-state index is -0.822. The number of hydrogen-bond acceptors (Lipinski definition) is 0. The van der Waals surface area contributed by atoms with Gasteiger partial charge >= 0.3 is 0 Å². The first kappa shape index (κ1) is 22.9. The van der Waals surface area contributed by atoms with E-state index in [0.717, 1.165) is 54.2 Å². The molecule has 0 amide bonds. The second-order valence-electron chi connectivity index (χ2n) is 8.58. The third-order valence-electron chi connectivity index (χ3n) is 6.18. The van der Waals surface area contributed by atoms with Crippen molar-refractivity contribution in [1.82, 2.24) is 0 Å². The Kier molecular flexibility index (Phi) is 7.34.